The molecule has 19 heavy (non-hydrogen) atoms. The molecule has 3 heteroatoms. The lowest BCUT2D eigenvalue weighted by Crippen LogP contribution is -2.47. The Balaban J connectivity index is 1.79. The summed E-state index contributed by atoms with van der Waals surface area (Å²) in [5.74, 6) is 0.648. The number of nitrogens with two attached hydrogens (primary N) is 1. The first-order chi connectivity index (χ1) is 9.19. The molecule has 0 spiro atoms. The van der Waals surface area contributed by atoms with Crippen LogP contribution >= 0.6 is 0 Å². The van der Waals surface area contributed by atoms with Gasteiger partial charge in [0.25, 0.3) is 0 Å². The zero-order chi connectivity index (χ0) is 13.7. The first kappa shape index (κ1) is 14.4. The molecule has 2 N–H and O–H groups in total. The minimum atomic E-state index is 0.648. The molecule has 1 aliphatic heterocycles. The Hall–Kier alpha value is -1.06. The van der Waals surface area contributed by atoms with Crippen LogP contribution in [0.5, 0.6) is 0 Å². The van der Waals surface area contributed by atoms with Gasteiger partial charge < -0.3 is 10.6 Å². The molecule has 1 heterocycles. The number of piperazine rings is 1. The molecule has 2 rings (SSSR count). The number of nitrogens with zero attached hydrogens (tertiary/aromatic N) is 2. The van der Waals surface area contributed by atoms with Crippen LogP contribution in [-0.4, -0.2) is 44.2 Å². The maximum Gasteiger partial charge on any atom is 0.0369 e. The molecule has 1 unspecified atom stereocenters. The third kappa shape index (κ3) is 4.22. The molecule has 1 aromatic rings. The number of aryl methyl sites for hydroxylation is 1. The highest BCUT2D eigenvalue weighted by Gasteiger charge is 2.17. The summed E-state index contributed by atoms with van der Waals surface area (Å²) < 4.78 is 0. The number of benzene rings is 1. The fraction of sp³-hybridized carbons (Fsp3) is 0.625. The molecule has 0 aliphatic carbocycles. The van der Waals surface area contributed by atoms with E-state index in [0.717, 1.165) is 19.6 Å². The largest absolute Gasteiger partial charge is 0.369 e. The Kier molecular flexibility index (Phi) is 5.23. The van der Waals surface area contributed by atoms with Crippen LogP contribution in [-0.2, 0) is 0 Å². The van der Waals surface area contributed by atoms with Crippen molar-refractivity contribution in [3.8, 4) is 0 Å². The standard InChI is InChI=1S/C16H27N3/c1-14-4-3-5-16(12-14)19-10-8-18(9-11-19)7-6-15(2)13-17/h3-5,12,15H,6-11,13,17H2,1-2H3. The van der Waals surface area contributed by atoms with Gasteiger partial charge in [0.1, 0.15) is 0 Å². The lowest BCUT2D eigenvalue weighted by Gasteiger charge is -2.36. The third-order valence-corrected chi connectivity index (χ3v) is 4.08. The van der Waals surface area contributed by atoms with Gasteiger partial charge in [-0.2, -0.15) is 0 Å². The van der Waals surface area contributed by atoms with Gasteiger partial charge in [0.15, 0.2) is 0 Å². The van der Waals surface area contributed by atoms with Crippen LogP contribution in [0.25, 0.3) is 0 Å². The topological polar surface area (TPSA) is 32.5 Å². The van der Waals surface area contributed by atoms with Crippen molar-refractivity contribution in [3.63, 3.8) is 0 Å². The molecule has 0 aromatic heterocycles. The summed E-state index contributed by atoms with van der Waals surface area (Å²) in [6.45, 7) is 11.0. The van der Waals surface area contributed by atoms with Crippen molar-refractivity contribution >= 4 is 5.69 Å². The molecular weight excluding hydrogens is 234 g/mol. The zero-order valence-electron chi connectivity index (χ0n) is 12.3. The molecule has 1 fully saturated rings. The molecular formula is C16H27N3. The molecule has 0 radical (unpaired) electrons. The van der Waals surface area contributed by atoms with Gasteiger partial charge in [0.05, 0.1) is 0 Å². The quantitative estimate of drug-likeness (QED) is 0.881. The van der Waals surface area contributed by atoms with Crippen LogP contribution < -0.4 is 10.6 Å². The van der Waals surface area contributed by atoms with Crippen LogP contribution in [0.3, 0.4) is 0 Å². The van der Waals surface area contributed by atoms with E-state index in [1.54, 1.807) is 0 Å². The fourth-order valence-electron chi connectivity index (χ4n) is 2.58. The Bertz CT molecular complexity index is 383. The van der Waals surface area contributed by atoms with Crippen LogP contribution in [0.1, 0.15) is 18.9 Å². The van der Waals surface area contributed by atoms with Gasteiger partial charge in [0, 0.05) is 31.9 Å². The minimum Gasteiger partial charge on any atom is -0.369 e. The van der Waals surface area contributed by atoms with E-state index >= 15 is 0 Å². The summed E-state index contributed by atoms with van der Waals surface area (Å²) in [6.07, 6.45) is 1.22. The van der Waals surface area contributed by atoms with E-state index in [-0.39, 0.29) is 0 Å². The smallest absolute Gasteiger partial charge is 0.0369 e. The van der Waals surface area contributed by atoms with Crippen molar-refractivity contribution in [2.24, 2.45) is 11.7 Å². The molecule has 0 saturated carbocycles. The molecule has 1 atom stereocenters. The molecule has 1 aliphatic rings. The van der Waals surface area contributed by atoms with Gasteiger partial charge in [-0.25, -0.2) is 0 Å². The van der Waals surface area contributed by atoms with Crippen molar-refractivity contribution in [3.05, 3.63) is 29.8 Å². The first-order valence-electron chi connectivity index (χ1n) is 7.43. The third-order valence-electron chi connectivity index (χ3n) is 4.08. The predicted octanol–water partition coefficient (Wildman–Crippen LogP) is 2.10. The summed E-state index contributed by atoms with van der Waals surface area (Å²) in [4.78, 5) is 5.06. The maximum atomic E-state index is 5.67. The van der Waals surface area contributed by atoms with Gasteiger partial charge in [-0.1, -0.05) is 19.1 Å². The molecule has 1 aromatic carbocycles. The summed E-state index contributed by atoms with van der Waals surface area (Å²) in [6, 6.07) is 8.82. The van der Waals surface area contributed by atoms with Gasteiger partial charge in [0.2, 0.25) is 0 Å². The van der Waals surface area contributed by atoms with Crippen molar-refractivity contribution in [2.45, 2.75) is 20.3 Å². The summed E-state index contributed by atoms with van der Waals surface area (Å²) in [5, 5.41) is 0. The van der Waals surface area contributed by atoms with E-state index in [9.17, 15) is 0 Å². The second-order valence-electron chi connectivity index (χ2n) is 5.80. The molecule has 1 saturated heterocycles. The van der Waals surface area contributed by atoms with E-state index in [1.807, 2.05) is 0 Å². The monoisotopic (exact) mass is 261 g/mol. The normalized spacial score (nSPS) is 18.6. The van der Waals surface area contributed by atoms with Crippen molar-refractivity contribution in [1.82, 2.24) is 4.90 Å². The summed E-state index contributed by atoms with van der Waals surface area (Å²) in [5.41, 5.74) is 8.39. The molecule has 0 bridgehead atoms. The predicted molar refractivity (Wildman–Crippen MR) is 82.7 cm³/mol. The number of hydrogen-bond donors (Lipinski definition) is 1. The van der Waals surface area contributed by atoms with Crippen LogP contribution in [0.4, 0.5) is 5.69 Å². The van der Waals surface area contributed by atoms with Crippen molar-refractivity contribution < 1.29 is 0 Å². The SMILES string of the molecule is Cc1cccc(N2CCN(CCC(C)CN)CC2)c1. The Morgan fingerprint density at radius 2 is 1.95 bits per heavy atom. The molecule has 106 valence electrons. The number of anilines is 1. The van der Waals surface area contributed by atoms with Crippen LogP contribution in [0, 0.1) is 12.8 Å². The highest BCUT2D eigenvalue weighted by atomic mass is 15.3. The lowest BCUT2D eigenvalue weighted by molar-refractivity contribution is 0.242. The maximum absolute atomic E-state index is 5.67. The average Bonchev–Trinajstić information content (AvgIpc) is 2.45. The van der Waals surface area contributed by atoms with Crippen LogP contribution in [0.2, 0.25) is 0 Å². The highest BCUT2D eigenvalue weighted by Crippen LogP contribution is 2.18. The van der Waals surface area contributed by atoms with Crippen molar-refractivity contribution in [1.29, 1.82) is 0 Å². The van der Waals surface area contributed by atoms with E-state index in [2.05, 4.69) is 47.9 Å². The Labute approximate surface area is 117 Å². The number of rotatable bonds is 5. The van der Waals surface area contributed by atoms with Gasteiger partial charge >= 0.3 is 0 Å². The zero-order valence-corrected chi connectivity index (χ0v) is 12.3. The van der Waals surface area contributed by atoms with Gasteiger partial charge in [-0.15, -0.1) is 0 Å². The highest BCUT2D eigenvalue weighted by molar-refractivity contribution is 5.48. The van der Waals surface area contributed by atoms with E-state index < -0.39 is 0 Å². The van der Waals surface area contributed by atoms with E-state index in [0.29, 0.717) is 5.92 Å². The molecule has 0 amide bonds. The second kappa shape index (κ2) is 6.92. The summed E-state index contributed by atoms with van der Waals surface area (Å²) >= 11 is 0. The summed E-state index contributed by atoms with van der Waals surface area (Å²) in [7, 11) is 0. The van der Waals surface area contributed by atoms with Gasteiger partial charge in [-0.05, 0) is 50.0 Å². The Morgan fingerprint density at radius 3 is 2.58 bits per heavy atom. The second-order valence-corrected chi connectivity index (χ2v) is 5.80. The lowest BCUT2D eigenvalue weighted by atomic mass is 10.1. The first-order valence-corrected chi connectivity index (χ1v) is 7.43. The van der Waals surface area contributed by atoms with Gasteiger partial charge in [-0.3, -0.25) is 4.90 Å². The van der Waals surface area contributed by atoms with Crippen molar-refractivity contribution in [2.75, 3.05) is 44.2 Å². The van der Waals surface area contributed by atoms with Crippen LogP contribution in [0.15, 0.2) is 24.3 Å². The molecule has 3 nitrogen and oxygen atoms in total. The fourth-order valence-corrected chi connectivity index (χ4v) is 2.58. The Morgan fingerprint density at radius 1 is 1.21 bits per heavy atom. The number of hydrogen-bond acceptors (Lipinski definition) is 3. The van der Waals surface area contributed by atoms with E-state index in [4.69, 9.17) is 5.73 Å². The minimum absolute atomic E-state index is 0.648. The average molecular weight is 261 g/mol. The van der Waals surface area contributed by atoms with E-state index in [1.165, 1.54) is 37.3 Å².